The predicted octanol–water partition coefficient (Wildman–Crippen LogP) is 5.92. The summed E-state index contributed by atoms with van der Waals surface area (Å²) in [5, 5.41) is 0. The first-order valence-electron chi connectivity index (χ1n) is 13.6. The van der Waals surface area contributed by atoms with Gasteiger partial charge in [-0.3, -0.25) is 9.59 Å². The SMILES string of the molecule is CCOC(=O)C(C)(C(=O)OCC)C(c1ccccc1)c1ccc(Cn2c(CC)nc3c(C)cc(C)nc32)cc1. The summed E-state index contributed by atoms with van der Waals surface area (Å²) in [6, 6.07) is 19.7. The number of hydrogen-bond acceptors (Lipinski definition) is 6. The number of pyridine rings is 1. The van der Waals surface area contributed by atoms with Gasteiger partial charge in [0.2, 0.25) is 0 Å². The lowest BCUT2D eigenvalue weighted by Gasteiger charge is -2.34. The molecule has 0 saturated carbocycles. The third-order valence-corrected chi connectivity index (χ3v) is 7.18. The van der Waals surface area contributed by atoms with E-state index >= 15 is 0 Å². The Bertz CT molecular complexity index is 1440. The second-order valence-corrected chi connectivity index (χ2v) is 9.95. The third-order valence-electron chi connectivity index (χ3n) is 7.18. The van der Waals surface area contributed by atoms with E-state index in [1.807, 2.05) is 61.5 Å². The summed E-state index contributed by atoms with van der Waals surface area (Å²) in [7, 11) is 0. The van der Waals surface area contributed by atoms with E-state index in [2.05, 4.69) is 24.5 Å². The molecule has 0 radical (unpaired) electrons. The Morgan fingerprint density at radius 2 is 1.46 bits per heavy atom. The zero-order chi connectivity index (χ0) is 28.2. The largest absolute Gasteiger partial charge is 0.465 e. The fourth-order valence-corrected chi connectivity index (χ4v) is 5.27. The molecule has 0 bridgehead atoms. The minimum absolute atomic E-state index is 0.167. The Hall–Kier alpha value is -4.00. The highest BCUT2D eigenvalue weighted by molar-refractivity contribution is 6.01. The summed E-state index contributed by atoms with van der Waals surface area (Å²) in [4.78, 5) is 36.4. The van der Waals surface area contributed by atoms with E-state index in [0.717, 1.165) is 51.4 Å². The number of nitrogens with zero attached hydrogens (tertiary/aromatic N) is 3. The van der Waals surface area contributed by atoms with Crippen LogP contribution in [0.25, 0.3) is 11.2 Å². The van der Waals surface area contributed by atoms with Gasteiger partial charge in [0.1, 0.15) is 11.3 Å². The zero-order valence-electron chi connectivity index (χ0n) is 23.7. The van der Waals surface area contributed by atoms with E-state index in [1.54, 1.807) is 20.8 Å². The number of esters is 2. The summed E-state index contributed by atoms with van der Waals surface area (Å²) in [5.74, 6) is -0.820. The van der Waals surface area contributed by atoms with Crippen LogP contribution in [0.2, 0.25) is 0 Å². The van der Waals surface area contributed by atoms with Gasteiger partial charge in [0.25, 0.3) is 0 Å². The fraction of sp³-hybridized carbons (Fsp3) is 0.375. The Kier molecular flexibility index (Phi) is 8.48. The molecule has 204 valence electrons. The third kappa shape index (κ3) is 5.44. The van der Waals surface area contributed by atoms with Gasteiger partial charge in [0, 0.05) is 18.0 Å². The summed E-state index contributed by atoms with van der Waals surface area (Å²) in [6.45, 7) is 12.2. The molecule has 2 aromatic heterocycles. The molecule has 4 aromatic rings. The maximum absolute atomic E-state index is 13.4. The van der Waals surface area contributed by atoms with Gasteiger partial charge in [-0.2, -0.15) is 0 Å². The van der Waals surface area contributed by atoms with Crippen molar-refractivity contribution in [2.24, 2.45) is 5.41 Å². The van der Waals surface area contributed by atoms with Crippen molar-refractivity contribution in [3.05, 3.63) is 94.4 Å². The highest BCUT2D eigenvalue weighted by atomic mass is 16.6. The molecule has 1 atom stereocenters. The van der Waals surface area contributed by atoms with Crippen LogP contribution in [0.5, 0.6) is 0 Å². The van der Waals surface area contributed by atoms with Crippen molar-refractivity contribution in [3.8, 4) is 0 Å². The van der Waals surface area contributed by atoms with E-state index in [-0.39, 0.29) is 13.2 Å². The van der Waals surface area contributed by atoms with Gasteiger partial charge < -0.3 is 14.0 Å². The van der Waals surface area contributed by atoms with Crippen LogP contribution < -0.4 is 0 Å². The van der Waals surface area contributed by atoms with E-state index in [1.165, 1.54) is 0 Å². The van der Waals surface area contributed by atoms with Gasteiger partial charge >= 0.3 is 11.9 Å². The van der Waals surface area contributed by atoms with E-state index in [4.69, 9.17) is 19.4 Å². The van der Waals surface area contributed by atoms with Crippen molar-refractivity contribution in [3.63, 3.8) is 0 Å². The number of aryl methyl sites for hydroxylation is 3. The second-order valence-electron chi connectivity index (χ2n) is 9.95. The minimum atomic E-state index is -1.57. The molecular formula is C32H37N3O4. The highest BCUT2D eigenvalue weighted by Gasteiger charge is 2.52. The highest BCUT2D eigenvalue weighted by Crippen LogP contribution is 2.43. The van der Waals surface area contributed by atoms with Crippen LogP contribution in [-0.2, 0) is 32.0 Å². The van der Waals surface area contributed by atoms with Crippen LogP contribution in [0, 0.1) is 19.3 Å². The summed E-state index contributed by atoms with van der Waals surface area (Å²) in [5.41, 5.74) is 5.04. The van der Waals surface area contributed by atoms with Gasteiger partial charge in [0.05, 0.1) is 19.8 Å². The predicted molar refractivity (Wildman–Crippen MR) is 152 cm³/mol. The van der Waals surface area contributed by atoms with Crippen LogP contribution in [0.3, 0.4) is 0 Å². The average molecular weight is 528 g/mol. The first-order valence-corrected chi connectivity index (χ1v) is 13.6. The van der Waals surface area contributed by atoms with Crippen molar-refractivity contribution in [1.82, 2.24) is 14.5 Å². The molecule has 0 aliphatic carbocycles. The van der Waals surface area contributed by atoms with Crippen molar-refractivity contribution in [2.75, 3.05) is 13.2 Å². The van der Waals surface area contributed by atoms with Gasteiger partial charge in [-0.25, -0.2) is 9.97 Å². The maximum Gasteiger partial charge on any atom is 0.324 e. The lowest BCUT2D eigenvalue weighted by Crippen LogP contribution is -2.45. The number of rotatable bonds is 10. The normalized spacial score (nSPS) is 12.4. The molecule has 7 nitrogen and oxygen atoms in total. The minimum Gasteiger partial charge on any atom is -0.465 e. The van der Waals surface area contributed by atoms with E-state index < -0.39 is 23.3 Å². The maximum atomic E-state index is 13.4. The van der Waals surface area contributed by atoms with Crippen LogP contribution >= 0.6 is 0 Å². The second kappa shape index (κ2) is 11.8. The number of hydrogen-bond donors (Lipinski definition) is 0. The topological polar surface area (TPSA) is 83.3 Å². The molecule has 0 aliphatic rings. The first-order chi connectivity index (χ1) is 18.7. The van der Waals surface area contributed by atoms with Crippen molar-refractivity contribution < 1.29 is 19.1 Å². The Labute approximate surface area is 230 Å². The van der Waals surface area contributed by atoms with Crippen molar-refractivity contribution in [1.29, 1.82) is 0 Å². The Balaban J connectivity index is 1.78. The number of carbonyl (C=O) groups is 2. The molecular weight excluding hydrogens is 490 g/mol. The standard InChI is InChI=1S/C32H37N3O4/c1-7-26-34-28-21(4)19-22(5)33-29(28)35(26)20-23-15-17-25(18-16-23)27(24-13-11-10-12-14-24)32(6,30(36)38-8-2)31(37)39-9-3/h10-19,27H,7-9,20H2,1-6H3. The van der Waals surface area contributed by atoms with Gasteiger partial charge in [-0.15, -0.1) is 0 Å². The molecule has 4 rings (SSSR count). The molecule has 2 heterocycles. The van der Waals surface area contributed by atoms with E-state index in [0.29, 0.717) is 6.54 Å². The van der Waals surface area contributed by atoms with Crippen LogP contribution in [-0.4, -0.2) is 39.7 Å². The Morgan fingerprint density at radius 1 is 0.872 bits per heavy atom. The van der Waals surface area contributed by atoms with Crippen LogP contribution in [0.15, 0.2) is 60.7 Å². The summed E-state index contributed by atoms with van der Waals surface area (Å²) >= 11 is 0. The molecule has 0 aliphatic heterocycles. The quantitative estimate of drug-likeness (QED) is 0.188. The van der Waals surface area contributed by atoms with Crippen LogP contribution in [0.4, 0.5) is 0 Å². The number of imidazole rings is 1. The molecule has 7 heteroatoms. The van der Waals surface area contributed by atoms with Crippen molar-refractivity contribution >= 4 is 23.1 Å². The number of aromatic nitrogens is 3. The molecule has 2 aromatic carbocycles. The zero-order valence-corrected chi connectivity index (χ0v) is 23.7. The first kappa shape index (κ1) is 28.0. The summed E-state index contributed by atoms with van der Waals surface area (Å²) < 4.78 is 13.0. The van der Waals surface area contributed by atoms with Gasteiger partial charge in [0.15, 0.2) is 11.1 Å². The fourth-order valence-electron chi connectivity index (χ4n) is 5.27. The Morgan fingerprint density at radius 3 is 2.03 bits per heavy atom. The number of carbonyl (C=O) groups excluding carboxylic acids is 2. The van der Waals surface area contributed by atoms with Crippen LogP contribution in [0.1, 0.15) is 67.4 Å². The molecule has 0 saturated heterocycles. The molecule has 39 heavy (non-hydrogen) atoms. The van der Waals surface area contributed by atoms with E-state index in [9.17, 15) is 9.59 Å². The van der Waals surface area contributed by atoms with Crippen molar-refractivity contribution in [2.45, 2.75) is 60.4 Å². The summed E-state index contributed by atoms with van der Waals surface area (Å²) in [6.07, 6.45) is 0.792. The molecule has 0 amide bonds. The molecule has 0 fully saturated rings. The average Bonchev–Trinajstić information content (AvgIpc) is 3.28. The molecule has 0 spiro atoms. The molecule has 0 N–H and O–H groups in total. The van der Waals surface area contributed by atoms with Gasteiger partial charge in [-0.1, -0.05) is 61.5 Å². The number of ether oxygens (including phenoxy) is 2. The molecule has 1 unspecified atom stereocenters. The smallest absolute Gasteiger partial charge is 0.324 e. The lowest BCUT2D eigenvalue weighted by molar-refractivity contribution is -0.171. The lowest BCUT2D eigenvalue weighted by atomic mass is 9.69. The van der Waals surface area contributed by atoms with Gasteiger partial charge in [-0.05, 0) is 62.9 Å². The number of fused-ring (bicyclic) bond motifs is 1. The number of benzene rings is 2. The monoisotopic (exact) mass is 527 g/mol.